The molecule has 0 saturated carbocycles. The molecule has 0 spiro atoms. The highest BCUT2D eigenvalue weighted by Gasteiger charge is 2.32. The summed E-state index contributed by atoms with van der Waals surface area (Å²) in [4.78, 5) is 29.2. The number of carbonyl (C=O) groups is 1. The first-order chi connectivity index (χ1) is 14.3. The molecule has 1 fully saturated rings. The number of methoxy groups -OCH3 is 1. The second-order valence-corrected chi connectivity index (χ2v) is 9.05. The van der Waals surface area contributed by atoms with Crippen LogP contribution >= 0.6 is 10.8 Å². The van der Waals surface area contributed by atoms with E-state index in [-0.39, 0.29) is 24.8 Å². The summed E-state index contributed by atoms with van der Waals surface area (Å²) in [6.07, 6.45) is 1.80. The van der Waals surface area contributed by atoms with Gasteiger partial charge in [-0.1, -0.05) is 18.2 Å². The van der Waals surface area contributed by atoms with Crippen molar-refractivity contribution in [2.45, 2.75) is 19.3 Å². The smallest absolute Gasteiger partial charge is 0.297 e. The highest BCUT2D eigenvalue weighted by Crippen LogP contribution is 2.48. The van der Waals surface area contributed by atoms with Crippen molar-refractivity contribution in [3.63, 3.8) is 0 Å². The van der Waals surface area contributed by atoms with Crippen molar-refractivity contribution < 1.29 is 23.7 Å². The molecular formula is C19H26N4O6S. The number of aromatic hydroxyl groups is 1. The van der Waals surface area contributed by atoms with E-state index in [0.717, 1.165) is 10.1 Å². The molecule has 0 bridgehead atoms. The van der Waals surface area contributed by atoms with Crippen molar-refractivity contribution in [2.75, 3.05) is 30.3 Å². The summed E-state index contributed by atoms with van der Waals surface area (Å²) in [5.41, 5.74) is -0.394. The Morgan fingerprint density at radius 1 is 1.30 bits per heavy atom. The third kappa shape index (κ3) is 4.37. The first kappa shape index (κ1) is 21.9. The zero-order chi connectivity index (χ0) is 21.9. The van der Waals surface area contributed by atoms with Gasteiger partial charge in [0, 0.05) is 20.1 Å². The Labute approximate surface area is 175 Å². The molecule has 11 heteroatoms. The van der Waals surface area contributed by atoms with E-state index in [1.54, 1.807) is 7.11 Å². The Balaban J connectivity index is 1.82. The third-order valence-corrected chi connectivity index (χ3v) is 6.82. The lowest BCUT2D eigenvalue weighted by molar-refractivity contribution is 0.0945. The zero-order valence-corrected chi connectivity index (χ0v) is 17.7. The number of hydrogen-bond donors (Lipinski definition) is 4. The van der Waals surface area contributed by atoms with Gasteiger partial charge in [0.15, 0.2) is 5.69 Å². The van der Waals surface area contributed by atoms with Gasteiger partial charge in [0.2, 0.25) is 11.7 Å². The lowest BCUT2D eigenvalue weighted by atomic mass is 10.1. The number of aromatic nitrogens is 2. The number of benzene rings is 1. The van der Waals surface area contributed by atoms with Gasteiger partial charge < -0.3 is 15.2 Å². The normalized spacial score (nSPS) is 16.7. The molecule has 1 aliphatic rings. The van der Waals surface area contributed by atoms with Crippen molar-refractivity contribution in [3.05, 3.63) is 45.9 Å². The van der Waals surface area contributed by atoms with Crippen molar-refractivity contribution in [1.29, 1.82) is 0 Å². The van der Waals surface area contributed by atoms with Crippen LogP contribution in [0.2, 0.25) is 0 Å². The van der Waals surface area contributed by atoms with Crippen LogP contribution in [-0.4, -0.2) is 55.6 Å². The Bertz CT molecular complexity index is 993. The molecule has 1 aliphatic heterocycles. The molecule has 0 aliphatic carbocycles. The molecule has 1 aromatic heterocycles. The van der Waals surface area contributed by atoms with Crippen molar-refractivity contribution >= 4 is 22.6 Å². The minimum atomic E-state index is -3.15. The number of hydrogen-bond acceptors (Lipinski definition) is 8. The molecule has 3 rings (SSSR count). The Kier molecular flexibility index (Phi) is 6.54. The summed E-state index contributed by atoms with van der Waals surface area (Å²) < 4.78 is 28.2. The standard InChI is InChI=1S/C19H26N4O6S/c1-22-18(26)16(24)15(21-19(22)23-11-5-6-12-30(23,27)28)17(25)20-10-9-13-7-3-4-8-14(13)29-2/h3-4,7-8,24,27-28H,5-6,9-12H2,1-2H3,(H,20,25). The van der Waals surface area contributed by atoms with Crippen LogP contribution in [0, 0.1) is 0 Å². The van der Waals surface area contributed by atoms with Crippen LogP contribution in [0.4, 0.5) is 5.95 Å². The maximum atomic E-state index is 12.6. The van der Waals surface area contributed by atoms with Gasteiger partial charge in [0.1, 0.15) is 5.75 Å². The molecule has 164 valence electrons. The van der Waals surface area contributed by atoms with Crippen molar-refractivity contribution in [1.82, 2.24) is 14.9 Å². The van der Waals surface area contributed by atoms with E-state index >= 15 is 0 Å². The number of carbonyl (C=O) groups excluding carboxylic acids is 1. The molecule has 0 atom stereocenters. The topological polar surface area (TPSA) is 137 Å². The molecule has 1 aromatic carbocycles. The van der Waals surface area contributed by atoms with Crippen LogP contribution < -0.4 is 19.9 Å². The van der Waals surface area contributed by atoms with Crippen LogP contribution in [0.25, 0.3) is 0 Å². The average molecular weight is 439 g/mol. The van der Waals surface area contributed by atoms with E-state index in [1.807, 2.05) is 24.3 Å². The van der Waals surface area contributed by atoms with Crippen LogP contribution in [-0.2, 0) is 13.5 Å². The lowest BCUT2D eigenvalue weighted by Crippen LogP contribution is -2.40. The minimum absolute atomic E-state index is 0.0626. The number of anilines is 1. The molecule has 30 heavy (non-hydrogen) atoms. The fraction of sp³-hybridized carbons (Fsp3) is 0.421. The van der Waals surface area contributed by atoms with Crippen LogP contribution in [0.1, 0.15) is 28.9 Å². The first-order valence-corrected chi connectivity index (χ1v) is 11.2. The summed E-state index contributed by atoms with van der Waals surface area (Å²) in [5.74, 6) is -0.727. The van der Waals surface area contributed by atoms with Crippen LogP contribution in [0.5, 0.6) is 11.5 Å². The number of amides is 1. The zero-order valence-electron chi connectivity index (χ0n) is 16.9. The average Bonchev–Trinajstić information content (AvgIpc) is 2.73. The van der Waals surface area contributed by atoms with Gasteiger partial charge in [0.25, 0.3) is 11.5 Å². The van der Waals surface area contributed by atoms with Gasteiger partial charge in [-0.2, -0.15) is 0 Å². The van der Waals surface area contributed by atoms with Gasteiger partial charge in [-0.05, 0) is 30.9 Å². The van der Waals surface area contributed by atoms with E-state index in [4.69, 9.17) is 4.74 Å². The van der Waals surface area contributed by atoms with E-state index in [1.165, 1.54) is 11.4 Å². The number of ether oxygens (including phenoxy) is 1. The van der Waals surface area contributed by atoms with Gasteiger partial charge in [0.05, 0.1) is 12.9 Å². The largest absolute Gasteiger partial charge is 0.501 e. The van der Waals surface area contributed by atoms with Crippen LogP contribution in [0.3, 0.4) is 0 Å². The molecule has 10 nitrogen and oxygen atoms in total. The predicted octanol–water partition coefficient (Wildman–Crippen LogP) is 1.73. The molecule has 2 aromatic rings. The Morgan fingerprint density at radius 2 is 2.03 bits per heavy atom. The summed E-state index contributed by atoms with van der Waals surface area (Å²) in [6, 6.07) is 7.39. The van der Waals surface area contributed by atoms with E-state index in [0.29, 0.717) is 25.0 Å². The SMILES string of the molecule is COc1ccccc1CCNC(=O)c1nc(N2CCCCS2(O)O)n(C)c(=O)c1O. The summed E-state index contributed by atoms with van der Waals surface area (Å²) in [6.45, 7) is 0.506. The van der Waals surface area contributed by atoms with Gasteiger partial charge in [-0.25, -0.2) is 9.29 Å². The molecule has 1 amide bonds. The second-order valence-electron chi connectivity index (χ2n) is 6.94. The van der Waals surface area contributed by atoms with E-state index in [9.17, 15) is 23.8 Å². The molecule has 0 unspecified atom stereocenters. The monoisotopic (exact) mass is 438 g/mol. The Morgan fingerprint density at radius 3 is 2.73 bits per heavy atom. The number of para-hydroxylation sites is 1. The third-order valence-electron chi connectivity index (χ3n) is 4.94. The molecule has 2 heterocycles. The fourth-order valence-corrected chi connectivity index (χ4v) is 4.96. The summed E-state index contributed by atoms with van der Waals surface area (Å²) >= 11 is 0. The maximum Gasteiger partial charge on any atom is 0.297 e. The summed E-state index contributed by atoms with van der Waals surface area (Å²) in [7, 11) is -0.228. The van der Waals surface area contributed by atoms with Crippen molar-refractivity contribution in [3.8, 4) is 11.5 Å². The number of rotatable bonds is 6. The fourth-order valence-electron chi connectivity index (χ4n) is 3.30. The highest BCUT2D eigenvalue weighted by molar-refractivity contribution is 8.25. The molecule has 4 N–H and O–H groups in total. The lowest BCUT2D eigenvalue weighted by Gasteiger charge is -2.46. The van der Waals surface area contributed by atoms with Gasteiger partial charge in [-0.15, -0.1) is 10.8 Å². The molecule has 1 saturated heterocycles. The minimum Gasteiger partial charge on any atom is -0.501 e. The maximum absolute atomic E-state index is 12.6. The van der Waals surface area contributed by atoms with Gasteiger partial charge >= 0.3 is 0 Å². The molecule has 0 radical (unpaired) electrons. The summed E-state index contributed by atoms with van der Waals surface area (Å²) in [5, 5.41) is 12.8. The number of nitrogens with one attached hydrogen (secondary N) is 1. The Hall–Kier alpha value is -2.76. The predicted molar refractivity (Wildman–Crippen MR) is 114 cm³/mol. The first-order valence-electron chi connectivity index (χ1n) is 9.50. The highest BCUT2D eigenvalue weighted by atomic mass is 32.3. The number of nitrogens with zero attached hydrogens (tertiary/aromatic N) is 3. The van der Waals surface area contributed by atoms with E-state index < -0.39 is 33.7 Å². The second kappa shape index (κ2) is 8.94. The van der Waals surface area contributed by atoms with Gasteiger partial charge in [-0.3, -0.25) is 23.3 Å². The molecular weight excluding hydrogens is 412 g/mol. The van der Waals surface area contributed by atoms with Crippen molar-refractivity contribution in [2.24, 2.45) is 7.05 Å². The van der Waals surface area contributed by atoms with Crippen LogP contribution in [0.15, 0.2) is 29.1 Å². The quantitative estimate of drug-likeness (QED) is 0.535. The van der Waals surface area contributed by atoms with E-state index in [2.05, 4.69) is 10.3 Å².